The molecule has 0 spiro atoms. The van der Waals surface area contributed by atoms with Gasteiger partial charge in [0.15, 0.2) is 5.58 Å². The summed E-state index contributed by atoms with van der Waals surface area (Å²) in [5, 5.41) is 7.29. The number of nitrogens with zero attached hydrogens (tertiary/aromatic N) is 1. The summed E-state index contributed by atoms with van der Waals surface area (Å²) >= 11 is 0. The fraction of sp³-hybridized carbons (Fsp3) is 0.185. The van der Waals surface area contributed by atoms with E-state index >= 15 is 0 Å². The van der Waals surface area contributed by atoms with E-state index in [1.54, 1.807) is 0 Å². The maximum Gasteiger partial charge on any atom is 0.159 e. The zero-order chi connectivity index (χ0) is 38.5. The number of allylic oxidation sites excluding steroid dienone is 5. The molecule has 10 rings (SSSR count). The van der Waals surface area contributed by atoms with Crippen molar-refractivity contribution in [1.29, 1.82) is 0 Å². The maximum absolute atomic E-state index is 6.76. The van der Waals surface area contributed by atoms with E-state index in [4.69, 9.17) is 11.0 Å². The summed E-state index contributed by atoms with van der Waals surface area (Å²) in [5.41, 5.74) is 15.0. The molecule has 7 aromatic carbocycles. The molecule has 274 valence electrons. The van der Waals surface area contributed by atoms with Gasteiger partial charge in [-0.1, -0.05) is 163 Å². The molecule has 0 bridgehead atoms. The van der Waals surface area contributed by atoms with Crippen LogP contribution in [0.25, 0.3) is 49.1 Å². The van der Waals surface area contributed by atoms with Crippen molar-refractivity contribution in [3.05, 3.63) is 191 Å². The van der Waals surface area contributed by atoms with Crippen LogP contribution < -0.4 is 4.90 Å². The summed E-state index contributed by atoms with van der Waals surface area (Å²) in [6, 6.07) is 49.0. The van der Waals surface area contributed by atoms with Crippen LogP contribution in [0.3, 0.4) is 0 Å². The van der Waals surface area contributed by atoms with Crippen molar-refractivity contribution < 1.29 is 4.42 Å². The maximum atomic E-state index is 6.76. The highest BCUT2D eigenvalue weighted by Gasteiger charge is 2.41. The van der Waals surface area contributed by atoms with Gasteiger partial charge in [0.25, 0.3) is 0 Å². The predicted octanol–water partition coefficient (Wildman–Crippen LogP) is 15.2. The fourth-order valence-corrected chi connectivity index (χ4v) is 9.65. The molecule has 1 heterocycles. The lowest BCUT2D eigenvalue weighted by Crippen LogP contribution is -2.22. The van der Waals surface area contributed by atoms with Gasteiger partial charge >= 0.3 is 0 Å². The Morgan fingerprint density at radius 3 is 2.07 bits per heavy atom. The van der Waals surface area contributed by atoms with Gasteiger partial charge in [0.2, 0.25) is 0 Å². The summed E-state index contributed by atoms with van der Waals surface area (Å²) in [4.78, 5) is 2.43. The molecule has 0 unspecified atom stereocenters. The SMILES string of the molecule is C=C1C=C2/C(=C\Cc3c(cc(N(c4ccc(C(C)C)cc4)c4cccc5c4oc4ccccc45)c4ccccc34)C1(C)C)C(C)(C)c1ccc3ccccc3c12. The molecule has 0 fully saturated rings. The third-order valence-electron chi connectivity index (χ3n) is 13.0. The second-order valence-electron chi connectivity index (χ2n) is 17.2. The molecule has 2 aliphatic rings. The molecule has 0 radical (unpaired) electrons. The molecule has 0 atom stereocenters. The molecular weight excluding hydrogens is 679 g/mol. The summed E-state index contributed by atoms with van der Waals surface area (Å²) < 4.78 is 6.76. The first-order valence-electron chi connectivity index (χ1n) is 20.0. The van der Waals surface area contributed by atoms with Gasteiger partial charge in [-0.15, -0.1) is 0 Å². The van der Waals surface area contributed by atoms with Gasteiger partial charge in [0.1, 0.15) is 5.58 Å². The Morgan fingerprint density at radius 1 is 0.625 bits per heavy atom. The summed E-state index contributed by atoms with van der Waals surface area (Å²) in [6.07, 6.45) is 5.75. The zero-order valence-corrected chi connectivity index (χ0v) is 33.2. The van der Waals surface area contributed by atoms with Gasteiger partial charge in [-0.05, 0) is 103 Å². The van der Waals surface area contributed by atoms with Crippen molar-refractivity contribution in [2.24, 2.45) is 0 Å². The van der Waals surface area contributed by atoms with Crippen LogP contribution in [0.2, 0.25) is 0 Å². The number of benzene rings is 7. The average molecular weight is 726 g/mol. The standard InChI is InChI=1S/C54H47NO/c1-33(2)35-23-26-37(27-24-35)55(48-21-14-20-43-42-19-12-13-22-50(42)56-52(43)48)49-32-47-40(39-17-10-11-18-41(39)49)28-30-45-44(31-34(3)53(47,4)5)51-38-16-9-8-15-36(38)25-29-46(51)54(45,6)7/h8-27,29-33H,3,28H2,1-2,4-7H3/b44-31?,45-30+. The number of fused-ring (bicyclic) bond motifs is 11. The predicted molar refractivity (Wildman–Crippen MR) is 239 cm³/mol. The molecule has 0 aliphatic heterocycles. The molecule has 0 N–H and O–H groups in total. The topological polar surface area (TPSA) is 16.4 Å². The highest BCUT2D eigenvalue weighted by molar-refractivity contribution is 6.12. The Labute approximate surface area is 330 Å². The van der Waals surface area contributed by atoms with E-state index in [2.05, 4.69) is 186 Å². The average Bonchev–Trinajstić information content (AvgIpc) is 3.70. The van der Waals surface area contributed by atoms with Crippen LogP contribution in [0.15, 0.2) is 168 Å². The number of anilines is 3. The van der Waals surface area contributed by atoms with Gasteiger partial charge in [0.05, 0.1) is 11.4 Å². The molecular formula is C54H47NO. The van der Waals surface area contributed by atoms with Gasteiger partial charge < -0.3 is 9.32 Å². The third-order valence-corrected chi connectivity index (χ3v) is 13.0. The number of para-hydroxylation sites is 2. The second kappa shape index (κ2) is 12.4. The number of rotatable bonds is 4. The summed E-state index contributed by atoms with van der Waals surface area (Å²) in [7, 11) is 0. The van der Waals surface area contributed by atoms with Gasteiger partial charge in [-0.3, -0.25) is 0 Å². The summed E-state index contributed by atoms with van der Waals surface area (Å²) in [5.74, 6) is 0.432. The minimum Gasteiger partial charge on any atom is -0.454 e. The smallest absolute Gasteiger partial charge is 0.159 e. The number of furan rings is 1. The van der Waals surface area contributed by atoms with Crippen molar-refractivity contribution in [2.75, 3.05) is 4.90 Å². The van der Waals surface area contributed by atoms with E-state index in [1.165, 1.54) is 60.5 Å². The quantitative estimate of drug-likeness (QED) is 0.180. The first-order chi connectivity index (χ1) is 27.0. The van der Waals surface area contributed by atoms with Crippen LogP contribution in [-0.2, 0) is 17.3 Å². The first-order valence-corrected chi connectivity index (χ1v) is 20.0. The third kappa shape index (κ3) is 5.01. The van der Waals surface area contributed by atoms with Crippen LogP contribution in [-0.4, -0.2) is 0 Å². The molecule has 0 saturated heterocycles. The lowest BCUT2D eigenvalue weighted by molar-refractivity contribution is 0.637. The van der Waals surface area contributed by atoms with Crippen molar-refractivity contribution in [1.82, 2.24) is 0 Å². The van der Waals surface area contributed by atoms with Gasteiger partial charge in [0, 0.05) is 32.7 Å². The molecule has 0 saturated carbocycles. The Balaban J connectivity index is 1.25. The molecule has 2 aliphatic carbocycles. The molecule has 2 heteroatoms. The minimum atomic E-state index is -0.388. The Morgan fingerprint density at radius 2 is 1.30 bits per heavy atom. The van der Waals surface area contributed by atoms with E-state index in [9.17, 15) is 0 Å². The van der Waals surface area contributed by atoms with Crippen LogP contribution in [0.5, 0.6) is 0 Å². The first kappa shape index (κ1) is 34.4. The van der Waals surface area contributed by atoms with Gasteiger partial charge in [-0.25, -0.2) is 0 Å². The highest BCUT2D eigenvalue weighted by Crippen LogP contribution is 2.55. The van der Waals surface area contributed by atoms with Crippen LogP contribution >= 0.6 is 0 Å². The monoisotopic (exact) mass is 725 g/mol. The molecule has 8 aromatic rings. The fourth-order valence-electron chi connectivity index (χ4n) is 9.65. The van der Waals surface area contributed by atoms with E-state index in [1.807, 2.05) is 6.07 Å². The van der Waals surface area contributed by atoms with Crippen molar-refractivity contribution >= 4 is 66.1 Å². The number of hydrogen-bond acceptors (Lipinski definition) is 2. The largest absolute Gasteiger partial charge is 0.454 e. The van der Waals surface area contributed by atoms with Crippen LogP contribution in [0.1, 0.15) is 75.3 Å². The lowest BCUT2D eigenvalue weighted by Gasteiger charge is -2.33. The summed E-state index contributed by atoms with van der Waals surface area (Å²) in [6.45, 7) is 18.9. The van der Waals surface area contributed by atoms with E-state index in [0.717, 1.165) is 51.0 Å². The molecule has 0 amide bonds. The van der Waals surface area contributed by atoms with Crippen molar-refractivity contribution in [3.8, 4) is 0 Å². The normalized spacial score (nSPS) is 16.9. The molecule has 1 aromatic heterocycles. The molecule has 56 heavy (non-hydrogen) atoms. The van der Waals surface area contributed by atoms with Crippen LogP contribution in [0.4, 0.5) is 17.1 Å². The van der Waals surface area contributed by atoms with E-state index in [0.29, 0.717) is 5.92 Å². The van der Waals surface area contributed by atoms with Crippen molar-refractivity contribution in [2.45, 2.75) is 64.7 Å². The van der Waals surface area contributed by atoms with Crippen LogP contribution in [0, 0.1) is 0 Å². The number of hydrogen-bond donors (Lipinski definition) is 0. The Hall–Kier alpha value is -6.12. The minimum absolute atomic E-state index is 0.153. The highest BCUT2D eigenvalue weighted by atomic mass is 16.3. The van der Waals surface area contributed by atoms with Gasteiger partial charge in [-0.2, -0.15) is 0 Å². The Bertz CT molecular complexity index is 2980. The van der Waals surface area contributed by atoms with Crippen molar-refractivity contribution in [3.63, 3.8) is 0 Å². The van der Waals surface area contributed by atoms with E-state index in [-0.39, 0.29) is 10.8 Å². The molecule has 2 nitrogen and oxygen atoms in total. The second-order valence-corrected chi connectivity index (χ2v) is 17.2. The zero-order valence-electron chi connectivity index (χ0n) is 33.2. The van der Waals surface area contributed by atoms with E-state index < -0.39 is 0 Å². The Kier molecular flexibility index (Phi) is 7.64. The lowest BCUT2D eigenvalue weighted by atomic mass is 9.74.